The molecule has 0 radical (unpaired) electrons. The van der Waals surface area contributed by atoms with Crippen LogP contribution in [0, 0.1) is 0 Å². The summed E-state index contributed by atoms with van der Waals surface area (Å²) in [4.78, 5) is 6.10. The van der Waals surface area contributed by atoms with E-state index in [4.69, 9.17) is 4.63 Å². The highest BCUT2D eigenvalue weighted by Crippen LogP contribution is 2.22. The van der Waals surface area contributed by atoms with Crippen LogP contribution in [0.1, 0.15) is 50.4 Å². The number of aryl methyl sites for hydroxylation is 1. The van der Waals surface area contributed by atoms with Crippen LogP contribution in [0.2, 0.25) is 0 Å². The molecule has 0 saturated heterocycles. The fourth-order valence-electron chi connectivity index (χ4n) is 2.71. The third-order valence-electron chi connectivity index (χ3n) is 4.04. The van der Waals surface area contributed by atoms with Crippen LogP contribution in [0.4, 0.5) is 0 Å². The van der Waals surface area contributed by atoms with Crippen molar-refractivity contribution in [2.75, 3.05) is 20.1 Å². The van der Waals surface area contributed by atoms with E-state index in [-0.39, 0.29) is 0 Å². The van der Waals surface area contributed by atoms with E-state index in [1.807, 2.05) is 18.2 Å². The van der Waals surface area contributed by atoms with Crippen molar-refractivity contribution >= 4 is 5.57 Å². The Morgan fingerprint density at radius 1 is 1.08 bits per heavy atom. The van der Waals surface area contributed by atoms with Crippen LogP contribution in [0.25, 0.3) is 5.57 Å². The smallest absolute Gasteiger partial charge is 0.135 e. The summed E-state index contributed by atoms with van der Waals surface area (Å²) in [6.07, 6.45) is 12.9. The lowest BCUT2D eigenvalue weighted by molar-refractivity contribution is 0.301. The van der Waals surface area contributed by atoms with E-state index in [2.05, 4.69) is 40.2 Å². The van der Waals surface area contributed by atoms with Crippen molar-refractivity contribution in [3.63, 3.8) is 0 Å². The maximum Gasteiger partial charge on any atom is 0.135 e. The minimum atomic E-state index is 0.955. The molecule has 0 spiro atoms. The average Bonchev–Trinajstić information content (AvgIpc) is 3.09. The molecule has 24 heavy (non-hydrogen) atoms. The summed E-state index contributed by atoms with van der Waals surface area (Å²) in [6.45, 7) is 4.31. The van der Waals surface area contributed by atoms with E-state index in [9.17, 15) is 0 Å². The summed E-state index contributed by atoms with van der Waals surface area (Å²) in [5, 5.41) is 8.16. The highest BCUT2D eigenvalue weighted by molar-refractivity contribution is 5.65. The van der Waals surface area contributed by atoms with Crippen LogP contribution < -0.4 is 0 Å². The maximum atomic E-state index is 4.93. The normalized spacial score (nSPS) is 14.7. The fourth-order valence-corrected chi connectivity index (χ4v) is 2.71. The van der Waals surface area contributed by atoms with Gasteiger partial charge in [0.2, 0.25) is 0 Å². The molecule has 1 aliphatic heterocycles. The van der Waals surface area contributed by atoms with Crippen LogP contribution in [-0.2, 0) is 6.42 Å². The molecule has 0 fully saturated rings. The Bertz CT molecular complexity index is 568. The summed E-state index contributed by atoms with van der Waals surface area (Å²) in [6, 6.07) is 5.72. The van der Waals surface area contributed by atoms with Gasteiger partial charge in [-0.25, -0.2) is 4.63 Å². The molecule has 0 unspecified atom stereocenters. The van der Waals surface area contributed by atoms with Crippen LogP contribution in [-0.4, -0.2) is 40.3 Å². The van der Waals surface area contributed by atoms with Gasteiger partial charge in [0, 0.05) is 25.5 Å². The second kappa shape index (κ2) is 10.7. The molecule has 2 aromatic heterocycles. The van der Waals surface area contributed by atoms with Crippen LogP contribution in [0.5, 0.6) is 0 Å². The summed E-state index contributed by atoms with van der Waals surface area (Å²) in [5.74, 6) is 0. The predicted octanol–water partition coefficient (Wildman–Crippen LogP) is 3.99. The molecule has 2 aromatic rings. The minimum Gasteiger partial charge on any atom is -0.302 e. The van der Waals surface area contributed by atoms with Crippen molar-refractivity contribution in [2.45, 2.75) is 45.4 Å². The molecule has 3 rings (SSSR count). The molecule has 0 N–H and O–H groups in total. The zero-order valence-corrected chi connectivity index (χ0v) is 14.8. The van der Waals surface area contributed by atoms with E-state index in [1.54, 1.807) is 12.4 Å². The third kappa shape index (κ3) is 6.24. The Balaban J connectivity index is 0.000000292. The summed E-state index contributed by atoms with van der Waals surface area (Å²) >= 11 is 0. The van der Waals surface area contributed by atoms with Gasteiger partial charge >= 0.3 is 0 Å². The first-order valence-electron chi connectivity index (χ1n) is 8.85. The molecule has 5 nitrogen and oxygen atoms in total. The number of pyridine rings is 1. The number of likely N-dealkylation sites (N-methyl/N-ethyl adjacent to an activating group) is 1. The van der Waals surface area contributed by atoms with E-state index >= 15 is 0 Å². The Labute approximate surface area is 144 Å². The van der Waals surface area contributed by atoms with E-state index in [0.29, 0.717) is 0 Å². The standard InChI is InChI=1S/C14H23N3O.C5H5N/c1-3-4-5-6-9-13-14(16-18-15-13)12-8-7-10-17(2)11-12;1-2-4-6-5-3-1/h8H,3-7,9-11H2,1-2H3;1-5H. The first-order valence-corrected chi connectivity index (χ1v) is 8.85. The molecule has 0 aliphatic carbocycles. The molecule has 1 aliphatic rings. The number of aromatic nitrogens is 3. The monoisotopic (exact) mass is 328 g/mol. The molecule has 0 bridgehead atoms. The maximum absolute atomic E-state index is 4.93. The van der Waals surface area contributed by atoms with Crippen molar-refractivity contribution in [2.24, 2.45) is 0 Å². The largest absolute Gasteiger partial charge is 0.302 e. The van der Waals surface area contributed by atoms with Crippen molar-refractivity contribution in [3.8, 4) is 0 Å². The number of rotatable bonds is 6. The zero-order chi connectivity index (χ0) is 17.0. The highest BCUT2D eigenvalue weighted by atomic mass is 16.6. The highest BCUT2D eigenvalue weighted by Gasteiger charge is 2.18. The van der Waals surface area contributed by atoms with E-state index in [1.165, 1.54) is 31.3 Å². The van der Waals surface area contributed by atoms with E-state index < -0.39 is 0 Å². The molecular weight excluding hydrogens is 300 g/mol. The molecule has 3 heterocycles. The van der Waals surface area contributed by atoms with Gasteiger partial charge in [0.05, 0.1) is 0 Å². The SMILES string of the molecule is CCCCCCc1nonc1C1=CCCN(C)C1.c1ccncc1. The van der Waals surface area contributed by atoms with E-state index in [0.717, 1.165) is 37.3 Å². The number of hydrogen-bond donors (Lipinski definition) is 0. The van der Waals surface area contributed by atoms with Crippen molar-refractivity contribution in [1.29, 1.82) is 0 Å². The van der Waals surface area contributed by atoms with Gasteiger partial charge < -0.3 is 4.90 Å². The molecule has 130 valence electrons. The molecule has 5 heteroatoms. The fraction of sp³-hybridized carbons (Fsp3) is 0.526. The van der Waals surface area contributed by atoms with Gasteiger partial charge in [-0.05, 0) is 49.2 Å². The zero-order valence-electron chi connectivity index (χ0n) is 14.8. The van der Waals surface area contributed by atoms with Gasteiger partial charge in [-0.1, -0.05) is 43.5 Å². The number of nitrogens with zero attached hydrogens (tertiary/aromatic N) is 4. The second-order valence-electron chi connectivity index (χ2n) is 6.15. The van der Waals surface area contributed by atoms with Crippen LogP contribution in [0.15, 0.2) is 41.3 Å². The minimum absolute atomic E-state index is 0.955. The second-order valence-corrected chi connectivity index (χ2v) is 6.15. The van der Waals surface area contributed by atoms with Crippen molar-refractivity contribution in [1.82, 2.24) is 20.2 Å². The van der Waals surface area contributed by atoms with Crippen molar-refractivity contribution in [3.05, 3.63) is 48.1 Å². The molecular formula is C19H28N4O. The van der Waals surface area contributed by atoms with Crippen LogP contribution in [0.3, 0.4) is 0 Å². The molecule has 0 amide bonds. The van der Waals surface area contributed by atoms with Crippen molar-refractivity contribution < 1.29 is 4.63 Å². The van der Waals surface area contributed by atoms with Gasteiger partial charge in [0.15, 0.2) is 0 Å². The molecule has 0 saturated carbocycles. The summed E-state index contributed by atoms with van der Waals surface area (Å²) < 4.78 is 4.93. The lowest BCUT2D eigenvalue weighted by Crippen LogP contribution is -2.25. The molecule has 0 aromatic carbocycles. The van der Waals surface area contributed by atoms with Gasteiger partial charge in [-0.2, -0.15) is 0 Å². The number of hydrogen-bond acceptors (Lipinski definition) is 5. The van der Waals surface area contributed by atoms with Gasteiger partial charge in [0.1, 0.15) is 11.4 Å². The quantitative estimate of drug-likeness (QED) is 0.750. The molecule has 0 atom stereocenters. The summed E-state index contributed by atoms with van der Waals surface area (Å²) in [5.41, 5.74) is 3.29. The van der Waals surface area contributed by atoms with Crippen LogP contribution >= 0.6 is 0 Å². The Hall–Kier alpha value is -2.01. The first kappa shape index (κ1) is 18.3. The Morgan fingerprint density at radius 2 is 1.92 bits per heavy atom. The topological polar surface area (TPSA) is 55.1 Å². The van der Waals surface area contributed by atoms with Gasteiger partial charge in [-0.15, -0.1) is 0 Å². The third-order valence-corrected chi connectivity index (χ3v) is 4.04. The Morgan fingerprint density at radius 3 is 2.54 bits per heavy atom. The first-order chi connectivity index (χ1) is 11.8. The summed E-state index contributed by atoms with van der Waals surface area (Å²) in [7, 11) is 2.14. The number of unbranched alkanes of at least 4 members (excludes halogenated alkanes) is 3. The average molecular weight is 328 g/mol. The lowest BCUT2D eigenvalue weighted by Gasteiger charge is -2.21. The lowest BCUT2D eigenvalue weighted by atomic mass is 10.0. The predicted molar refractivity (Wildman–Crippen MR) is 96.5 cm³/mol. The van der Waals surface area contributed by atoms with Gasteiger partial charge in [-0.3, -0.25) is 4.98 Å². The van der Waals surface area contributed by atoms with Gasteiger partial charge in [0.25, 0.3) is 0 Å². The Kier molecular flexibility index (Phi) is 8.18.